The minimum absolute atomic E-state index is 0.189. The van der Waals surface area contributed by atoms with Crippen molar-refractivity contribution in [3.63, 3.8) is 0 Å². The summed E-state index contributed by atoms with van der Waals surface area (Å²) in [5.74, 6) is -1.03. The molecule has 1 atom stereocenters. The zero-order valence-electron chi connectivity index (χ0n) is 18.5. The second-order valence-electron chi connectivity index (χ2n) is 8.18. The van der Waals surface area contributed by atoms with Crippen LogP contribution < -0.4 is 15.0 Å². The number of aryl methyl sites for hydroxylation is 1. The third-order valence-corrected chi connectivity index (χ3v) is 6.00. The maximum Gasteiger partial charge on any atom is 0.573 e. The zero-order valence-corrected chi connectivity index (χ0v) is 18.5. The van der Waals surface area contributed by atoms with E-state index in [9.17, 15) is 23.1 Å². The molecule has 0 amide bonds. The Morgan fingerprint density at radius 2 is 1.91 bits per heavy atom. The summed E-state index contributed by atoms with van der Waals surface area (Å²) >= 11 is 0. The van der Waals surface area contributed by atoms with Crippen molar-refractivity contribution in [1.82, 2.24) is 4.98 Å². The molecular formula is C25H24F3N3O3. The van der Waals surface area contributed by atoms with Gasteiger partial charge in [-0.15, -0.1) is 13.2 Å². The summed E-state index contributed by atoms with van der Waals surface area (Å²) in [7, 11) is 1.86. The third kappa shape index (κ3) is 5.41. The first-order valence-corrected chi connectivity index (χ1v) is 10.8. The standard InChI is InChI=1S/C25H24F3N3O3/c1-31(18-5-8-20(9-6-18)34-25(26,27)28)19-7-10-21-16(13-19)3-2-4-17(21)14-30-23-15-29-12-11-22(23)24(32)33/h5-13,15,17,30H,2-4,14H2,1H3,(H,32,33)/t17-/m0/s1. The highest BCUT2D eigenvalue weighted by Gasteiger charge is 2.31. The fourth-order valence-electron chi connectivity index (χ4n) is 4.30. The Morgan fingerprint density at radius 3 is 2.62 bits per heavy atom. The molecule has 2 aromatic carbocycles. The number of rotatable bonds is 7. The highest BCUT2D eigenvalue weighted by molar-refractivity contribution is 5.93. The molecule has 0 saturated heterocycles. The predicted octanol–water partition coefficient (Wildman–Crippen LogP) is 5.98. The van der Waals surface area contributed by atoms with Gasteiger partial charge in [-0.3, -0.25) is 4.98 Å². The summed E-state index contributed by atoms with van der Waals surface area (Å²) in [6, 6.07) is 13.4. The molecule has 2 N–H and O–H groups in total. The fraction of sp³-hybridized carbons (Fsp3) is 0.280. The van der Waals surface area contributed by atoms with Crippen molar-refractivity contribution in [3.05, 3.63) is 77.6 Å². The van der Waals surface area contributed by atoms with Gasteiger partial charge >= 0.3 is 12.3 Å². The lowest BCUT2D eigenvalue weighted by Crippen LogP contribution is -2.20. The van der Waals surface area contributed by atoms with Gasteiger partial charge in [0.1, 0.15) is 5.75 Å². The molecule has 1 aliphatic carbocycles. The van der Waals surface area contributed by atoms with E-state index in [-0.39, 0.29) is 17.2 Å². The van der Waals surface area contributed by atoms with Gasteiger partial charge in [0, 0.05) is 37.1 Å². The second kappa shape index (κ2) is 9.62. The number of ether oxygens (including phenoxy) is 1. The monoisotopic (exact) mass is 471 g/mol. The van der Waals surface area contributed by atoms with Crippen molar-refractivity contribution in [1.29, 1.82) is 0 Å². The molecule has 0 unspecified atom stereocenters. The van der Waals surface area contributed by atoms with Gasteiger partial charge in [-0.25, -0.2) is 4.79 Å². The number of halogens is 3. The van der Waals surface area contributed by atoms with Crippen molar-refractivity contribution >= 4 is 23.0 Å². The Hall–Kier alpha value is -3.75. The molecule has 0 bridgehead atoms. The van der Waals surface area contributed by atoms with Crippen LogP contribution in [0.4, 0.5) is 30.2 Å². The van der Waals surface area contributed by atoms with Crippen LogP contribution in [0.3, 0.4) is 0 Å². The lowest BCUT2D eigenvalue weighted by molar-refractivity contribution is -0.274. The molecule has 178 valence electrons. The Labute approximate surface area is 195 Å². The van der Waals surface area contributed by atoms with Crippen LogP contribution in [-0.2, 0) is 6.42 Å². The van der Waals surface area contributed by atoms with Crippen molar-refractivity contribution < 1.29 is 27.8 Å². The second-order valence-corrected chi connectivity index (χ2v) is 8.18. The molecule has 1 heterocycles. The first kappa shape index (κ1) is 23.4. The molecule has 4 rings (SSSR count). The van der Waals surface area contributed by atoms with Crippen LogP contribution in [0.5, 0.6) is 5.75 Å². The number of hydrogen-bond donors (Lipinski definition) is 2. The molecule has 0 aliphatic heterocycles. The van der Waals surface area contributed by atoms with Gasteiger partial charge in [-0.05, 0) is 72.9 Å². The van der Waals surface area contributed by atoms with E-state index >= 15 is 0 Å². The Morgan fingerprint density at radius 1 is 1.18 bits per heavy atom. The lowest BCUT2D eigenvalue weighted by Gasteiger charge is -2.28. The molecule has 0 radical (unpaired) electrons. The summed E-state index contributed by atoms with van der Waals surface area (Å²) in [5, 5.41) is 12.6. The van der Waals surface area contributed by atoms with Crippen LogP contribution in [0.1, 0.15) is 40.2 Å². The molecular weight excluding hydrogens is 447 g/mol. The predicted molar refractivity (Wildman–Crippen MR) is 123 cm³/mol. The van der Waals surface area contributed by atoms with Crippen LogP contribution in [0.25, 0.3) is 0 Å². The summed E-state index contributed by atoms with van der Waals surface area (Å²) in [6.07, 6.45) is 1.19. The highest BCUT2D eigenvalue weighted by atomic mass is 19.4. The van der Waals surface area contributed by atoms with E-state index in [2.05, 4.69) is 27.2 Å². The number of carbonyl (C=O) groups is 1. The van der Waals surface area contributed by atoms with Crippen molar-refractivity contribution in [2.75, 3.05) is 23.8 Å². The number of benzene rings is 2. The van der Waals surface area contributed by atoms with E-state index in [4.69, 9.17) is 0 Å². The number of nitrogens with zero attached hydrogens (tertiary/aromatic N) is 2. The largest absolute Gasteiger partial charge is 0.573 e. The molecule has 0 fully saturated rings. The van der Waals surface area contributed by atoms with Crippen LogP contribution in [0.15, 0.2) is 60.9 Å². The fourth-order valence-corrected chi connectivity index (χ4v) is 4.30. The van der Waals surface area contributed by atoms with E-state index in [0.717, 1.165) is 30.6 Å². The number of anilines is 3. The number of aromatic nitrogens is 1. The van der Waals surface area contributed by atoms with Gasteiger partial charge in [0.15, 0.2) is 0 Å². The van der Waals surface area contributed by atoms with Gasteiger partial charge in [-0.1, -0.05) is 6.07 Å². The zero-order chi connectivity index (χ0) is 24.3. The van der Waals surface area contributed by atoms with E-state index in [1.54, 1.807) is 12.1 Å². The molecule has 6 nitrogen and oxygen atoms in total. The van der Waals surface area contributed by atoms with Crippen LogP contribution in [0.2, 0.25) is 0 Å². The summed E-state index contributed by atoms with van der Waals surface area (Å²) < 4.78 is 41.1. The number of hydrogen-bond acceptors (Lipinski definition) is 5. The summed E-state index contributed by atoms with van der Waals surface area (Å²) in [6.45, 7) is 0.592. The highest BCUT2D eigenvalue weighted by Crippen LogP contribution is 2.36. The maximum atomic E-state index is 12.4. The van der Waals surface area contributed by atoms with Gasteiger partial charge < -0.3 is 20.1 Å². The van der Waals surface area contributed by atoms with E-state index in [1.807, 2.05) is 18.0 Å². The lowest BCUT2D eigenvalue weighted by atomic mass is 9.82. The van der Waals surface area contributed by atoms with Crippen molar-refractivity contribution in [2.45, 2.75) is 31.5 Å². The third-order valence-electron chi connectivity index (χ3n) is 6.00. The van der Waals surface area contributed by atoms with Gasteiger partial charge in [0.25, 0.3) is 0 Å². The van der Waals surface area contributed by atoms with Crippen molar-refractivity contribution in [3.8, 4) is 5.75 Å². The molecule has 1 aliphatic rings. The molecule has 0 saturated carbocycles. The Kier molecular flexibility index (Phi) is 6.63. The quantitative estimate of drug-likeness (QED) is 0.442. The summed E-state index contributed by atoms with van der Waals surface area (Å²) in [5.41, 5.74) is 4.78. The van der Waals surface area contributed by atoms with Gasteiger partial charge in [0.2, 0.25) is 0 Å². The first-order valence-electron chi connectivity index (χ1n) is 10.8. The number of nitrogens with one attached hydrogen (secondary N) is 1. The molecule has 34 heavy (non-hydrogen) atoms. The van der Waals surface area contributed by atoms with E-state index in [1.165, 1.54) is 41.7 Å². The summed E-state index contributed by atoms with van der Waals surface area (Å²) in [4.78, 5) is 17.4. The average molecular weight is 471 g/mol. The first-order chi connectivity index (χ1) is 16.2. The minimum Gasteiger partial charge on any atom is -0.478 e. The SMILES string of the molecule is CN(c1ccc(OC(F)(F)F)cc1)c1ccc2c(c1)CCC[C@H]2CNc1cnccc1C(=O)O. The van der Waals surface area contributed by atoms with Crippen LogP contribution >= 0.6 is 0 Å². The molecule has 9 heteroatoms. The van der Waals surface area contributed by atoms with E-state index < -0.39 is 12.3 Å². The van der Waals surface area contributed by atoms with Crippen LogP contribution in [-0.4, -0.2) is 36.0 Å². The number of carboxylic acids is 1. The topological polar surface area (TPSA) is 74.7 Å². The van der Waals surface area contributed by atoms with Gasteiger partial charge in [-0.2, -0.15) is 0 Å². The maximum absolute atomic E-state index is 12.4. The number of pyridine rings is 1. The number of fused-ring (bicyclic) bond motifs is 1. The molecule has 1 aromatic heterocycles. The number of aromatic carboxylic acids is 1. The number of alkyl halides is 3. The molecule has 0 spiro atoms. The molecule has 3 aromatic rings. The van der Waals surface area contributed by atoms with Crippen LogP contribution in [0, 0.1) is 0 Å². The minimum atomic E-state index is -4.72. The van der Waals surface area contributed by atoms with Crippen molar-refractivity contribution in [2.24, 2.45) is 0 Å². The average Bonchev–Trinajstić information content (AvgIpc) is 2.81. The Bertz CT molecular complexity index is 1170. The smallest absolute Gasteiger partial charge is 0.478 e. The normalized spacial score (nSPS) is 15.4. The van der Waals surface area contributed by atoms with Gasteiger partial charge in [0.05, 0.1) is 17.4 Å². The van der Waals surface area contributed by atoms with E-state index in [0.29, 0.717) is 12.2 Å². The number of carboxylic acid groups (broad SMARTS) is 1. The Balaban J connectivity index is 1.48.